The van der Waals surface area contributed by atoms with E-state index in [-0.39, 0.29) is 10.6 Å². The molecule has 0 fully saturated rings. The molecule has 19 heavy (non-hydrogen) atoms. The van der Waals surface area contributed by atoms with Gasteiger partial charge in [-0.1, -0.05) is 22.0 Å². The Morgan fingerprint density at radius 1 is 1.26 bits per heavy atom. The van der Waals surface area contributed by atoms with Crippen molar-refractivity contribution in [2.45, 2.75) is 4.90 Å². The Morgan fingerprint density at radius 2 is 2.00 bits per heavy atom. The number of hydrogen-bond acceptors (Lipinski definition) is 4. The lowest BCUT2D eigenvalue weighted by atomic mass is 10.3. The van der Waals surface area contributed by atoms with E-state index in [4.69, 9.17) is 5.73 Å². The minimum absolute atomic E-state index is 0.0510. The molecule has 0 aliphatic carbocycles. The Bertz CT molecular complexity index is 689. The quantitative estimate of drug-likeness (QED) is 0.868. The van der Waals surface area contributed by atoms with Crippen molar-refractivity contribution in [3.05, 3.63) is 47.1 Å². The normalized spacial score (nSPS) is 11.3. The van der Waals surface area contributed by atoms with Crippen LogP contribution in [0.2, 0.25) is 0 Å². The molecule has 0 saturated carbocycles. The van der Waals surface area contributed by atoms with Crippen LogP contribution in [-0.4, -0.2) is 20.4 Å². The van der Waals surface area contributed by atoms with Gasteiger partial charge in [0.1, 0.15) is 10.7 Å². The van der Waals surface area contributed by atoms with Crippen LogP contribution in [0, 0.1) is 0 Å². The van der Waals surface area contributed by atoms with Crippen molar-refractivity contribution in [1.82, 2.24) is 4.98 Å². The number of nitrogens with two attached hydrogens (primary N) is 1. The molecule has 0 radical (unpaired) electrons. The molecule has 0 atom stereocenters. The highest BCUT2D eigenvalue weighted by atomic mass is 79.9. The van der Waals surface area contributed by atoms with E-state index in [1.165, 1.54) is 19.3 Å². The van der Waals surface area contributed by atoms with Crippen LogP contribution >= 0.6 is 15.9 Å². The Hall–Kier alpha value is -1.60. The Morgan fingerprint density at radius 3 is 2.63 bits per heavy atom. The minimum Gasteiger partial charge on any atom is -0.398 e. The van der Waals surface area contributed by atoms with Gasteiger partial charge < -0.3 is 5.73 Å². The SMILES string of the molecule is CN(c1ccccn1)S(=O)(=O)c1cc(Br)ccc1N. The van der Waals surface area contributed by atoms with E-state index < -0.39 is 10.0 Å². The lowest BCUT2D eigenvalue weighted by Crippen LogP contribution is -2.28. The van der Waals surface area contributed by atoms with Gasteiger partial charge in [0.25, 0.3) is 10.0 Å². The predicted octanol–water partition coefficient (Wildman–Crippen LogP) is 2.25. The van der Waals surface area contributed by atoms with E-state index in [0.717, 1.165) is 4.31 Å². The summed E-state index contributed by atoms with van der Waals surface area (Å²) in [6, 6.07) is 9.77. The van der Waals surface area contributed by atoms with Crippen LogP contribution in [0.15, 0.2) is 52.0 Å². The average Bonchev–Trinajstić information content (AvgIpc) is 2.41. The van der Waals surface area contributed by atoms with Crippen molar-refractivity contribution in [2.75, 3.05) is 17.1 Å². The zero-order valence-corrected chi connectivity index (χ0v) is 12.5. The summed E-state index contributed by atoms with van der Waals surface area (Å²) in [6.07, 6.45) is 1.53. The third-order valence-corrected chi connectivity index (χ3v) is 4.90. The molecule has 2 rings (SSSR count). The summed E-state index contributed by atoms with van der Waals surface area (Å²) < 4.78 is 26.7. The van der Waals surface area contributed by atoms with Crippen LogP contribution in [0.1, 0.15) is 0 Å². The highest BCUT2D eigenvalue weighted by molar-refractivity contribution is 9.10. The third kappa shape index (κ3) is 2.71. The second-order valence-corrected chi connectivity index (χ2v) is 6.70. The number of sulfonamides is 1. The molecular weight excluding hydrogens is 330 g/mol. The number of halogens is 1. The summed E-state index contributed by atoms with van der Waals surface area (Å²) in [7, 11) is -2.29. The van der Waals surface area contributed by atoms with Gasteiger partial charge in [-0.15, -0.1) is 0 Å². The summed E-state index contributed by atoms with van der Waals surface area (Å²) in [5.74, 6) is 0.335. The lowest BCUT2D eigenvalue weighted by Gasteiger charge is -2.19. The van der Waals surface area contributed by atoms with Gasteiger partial charge in [0.15, 0.2) is 0 Å². The summed E-state index contributed by atoms with van der Waals surface area (Å²) in [5.41, 5.74) is 5.94. The molecule has 5 nitrogen and oxygen atoms in total. The lowest BCUT2D eigenvalue weighted by molar-refractivity contribution is 0.594. The molecular formula is C12H12BrN3O2S. The molecule has 0 bridgehead atoms. The average molecular weight is 342 g/mol. The number of nitrogens with zero attached hydrogens (tertiary/aromatic N) is 2. The van der Waals surface area contributed by atoms with Crippen molar-refractivity contribution in [1.29, 1.82) is 0 Å². The van der Waals surface area contributed by atoms with Crippen LogP contribution in [0.4, 0.5) is 11.5 Å². The van der Waals surface area contributed by atoms with Crippen LogP contribution < -0.4 is 10.0 Å². The van der Waals surface area contributed by atoms with Crippen LogP contribution in [0.3, 0.4) is 0 Å². The molecule has 1 heterocycles. The Labute approximate surface area is 120 Å². The van der Waals surface area contributed by atoms with Gasteiger partial charge in [-0.05, 0) is 30.3 Å². The Kier molecular flexibility index (Phi) is 3.77. The molecule has 1 aromatic carbocycles. The van der Waals surface area contributed by atoms with Gasteiger partial charge in [-0.25, -0.2) is 13.4 Å². The fraction of sp³-hybridized carbons (Fsp3) is 0.0833. The zero-order valence-electron chi connectivity index (χ0n) is 10.1. The monoisotopic (exact) mass is 341 g/mol. The first-order valence-corrected chi connectivity index (χ1v) is 7.61. The molecule has 100 valence electrons. The fourth-order valence-corrected chi connectivity index (χ4v) is 3.35. The van der Waals surface area contributed by atoms with Gasteiger partial charge in [0.05, 0.1) is 5.69 Å². The molecule has 2 aromatic rings. The summed E-state index contributed by atoms with van der Waals surface area (Å²) in [4.78, 5) is 4.07. The van der Waals surface area contributed by atoms with Gasteiger partial charge in [0, 0.05) is 17.7 Å². The fourth-order valence-electron chi connectivity index (χ4n) is 1.54. The van der Waals surface area contributed by atoms with E-state index in [2.05, 4.69) is 20.9 Å². The van der Waals surface area contributed by atoms with E-state index in [1.54, 1.807) is 30.3 Å². The highest BCUT2D eigenvalue weighted by Gasteiger charge is 2.24. The number of rotatable bonds is 3. The smallest absolute Gasteiger partial charge is 0.267 e. The van der Waals surface area contributed by atoms with Gasteiger partial charge in [-0.2, -0.15) is 0 Å². The molecule has 0 unspecified atom stereocenters. The first kappa shape index (κ1) is 13.8. The summed E-state index contributed by atoms with van der Waals surface area (Å²) >= 11 is 3.24. The topological polar surface area (TPSA) is 76.3 Å². The zero-order chi connectivity index (χ0) is 14.0. The molecule has 1 aromatic heterocycles. The number of benzene rings is 1. The van der Waals surface area contributed by atoms with Crippen LogP contribution in [-0.2, 0) is 10.0 Å². The van der Waals surface area contributed by atoms with Crippen molar-refractivity contribution in [3.8, 4) is 0 Å². The van der Waals surface area contributed by atoms with Crippen molar-refractivity contribution >= 4 is 37.5 Å². The Balaban J connectivity index is 2.51. The largest absolute Gasteiger partial charge is 0.398 e. The van der Waals surface area contributed by atoms with E-state index in [0.29, 0.717) is 10.3 Å². The molecule has 7 heteroatoms. The second-order valence-electron chi connectivity index (χ2n) is 3.84. The highest BCUT2D eigenvalue weighted by Crippen LogP contribution is 2.27. The summed E-state index contributed by atoms with van der Waals surface area (Å²) in [5, 5.41) is 0. The number of anilines is 2. The predicted molar refractivity (Wildman–Crippen MR) is 78.4 cm³/mol. The molecule has 0 aliphatic rings. The maximum absolute atomic E-state index is 12.5. The van der Waals surface area contributed by atoms with Crippen molar-refractivity contribution in [2.24, 2.45) is 0 Å². The summed E-state index contributed by atoms with van der Waals surface area (Å²) in [6.45, 7) is 0. The molecule has 0 amide bonds. The van der Waals surface area contributed by atoms with Gasteiger partial charge in [0.2, 0.25) is 0 Å². The standard InChI is InChI=1S/C12H12BrN3O2S/c1-16(12-4-2-3-7-15-12)19(17,18)11-8-9(13)5-6-10(11)14/h2-8H,14H2,1H3. The van der Waals surface area contributed by atoms with E-state index >= 15 is 0 Å². The van der Waals surface area contributed by atoms with E-state index in [1.807, 2.05) is 0 Å². The van der Waals surface area contributed by atoms with E-state index in [9.17, 15) is 8.42 Å². The first-order valence-electron chi connectivity index (χ1n) is 5.38. The van der Waals surface area contributed by atoms with Gasteiger partial charge in [-0.3, -0.25) is 4.31 Å². The minimum atomic E-state index is -3.73. The number of pyridine rings is 1. The van der Waals surface area contributed by atoms with Crippen molar-refractivity contribution < 1.29 is 8.42 Å². The molecule has 0 saturated heterocycles. The first-order chi connectivity index (χ1) is 8.93. The number of aromatic nitrogens is 1. The van der Waals surface area contributed by atoms with Crippen LogP contribution in [0.25, 0.3) is 0 Å². The van der Waals surface area contributed by atoms with Crippen molar-refractivity contribution in [3.63, 3.8) is 0 Å². The van der Waals surface area contributed by atoms with Crippen LogP contribution in [0.5, 0.6) is 0 Å². The second kappa shape index (κ2) is 5.18. The maximum Gasteiger partial charge on any atom is 0.267 e. The number of nitrogen functional groups attached to an aromatic ring is 1. The maximum atomic E-state index is 12.5. The van der Waals surface area contributed by atoms with Gasteiger partial charge >= 0.3 is 0 Å². The number of hydrogen-bond donors (Lipinski definition) is 1. The molecule has 0 aliphatic heterocycles. The third-order valence-electron chi connectivity index (χ3n) is 2.59. The molecule has 2 N–H and O–H groups in total. The molecule has 0 spiro atoms.